The van der Waals surface area contributed by atoms with Crippen molar-refractivity contribution in [2.24, 2.45) is 0 Å². The quantitative estimate of drug-likeness (QED) is 0.390. The van der Waals surface area contributed by atoms with E-state index in [0.717, 1.165) is 16.5 Å². The number of rotatable bonds is 6. The molecule has 0 aliphatic heterocycles. The molecule has 150 valence electrons. The number of amides is 1. The molecule has 1 amide bonds. The minimum Gasteiger partial charge on any atom is -0.493 e. The molecule has 0 unspecified atom stereocenters. The first-order chi connectivity index (χ1) is 14.6. The van der Waals surface area contributed by atoms with Gasteiger partial charge in [-0.15, -0.1) is 0 Å². The van der Waals surface area contributed by atoms with Crippen molar-refractivity contribution in [2.75, 3.05) is 7.11 Å². The van der Waals surface area contributed by atoms with Crippen LogP contribution in [-0.2, 0) is 4.79 Å². The lowest BCUT2D eigenvalue weighted by atomic mass is 9.99. The first-order valence-corrected chi connectivity index (χ1v) is 9.87. The van der Waals surface area contributed by atoms with E-state index < -0.39 is 0 Å². The summed E-state index contributed by atoms with van der Waals surface area (Å²) in [6.45, 7) is 0. The Kier molecular flexibility index (Phi) is 5.87. The molecule has 5 heteroatoms. The highest BCUT2D eigenvalue weighted by molar-refractivity contribution is 6.31. The van der Waals surface area contributed by atoms with Crippen molar-refractivity contribution in [1.29, 1.82) is 0 Å². The van der Waals surface area contributed by atoms with Gasteiger partial charge in [-0.25, -0.2) is 0 Å². The Bertz CT molecular complexity index is 1140. The van der Waals surface area contributed by atoms with Crippen molar-refractivity contribution in [3.8, 4) is 5.75 Å². The molecular formula is C25H20ClNO3. The number of carbonyl (C=O) groups is 1. The second-order valence-electron chi connectivity index (χ2n) is 6.77. The Morgan fingerprint density at radius 2 is 1.63 bits per heavy atom. The first-order valence-electron chi connectivity index (χ1n) is 9.49. The fraction of sp³-hybridized carbons (Fsp3) is 0.0800. The molecule has 0 aliphatic carbocycles. The van der Waals surface area contributed by atoms with Gasteiger partial charge in [0.15, 0.2) is 11.3 Å². The van der Waals surface area contributed by atoms with Gasteiger partial charge in [-0.2, -0.15) is 0 Å². The van der Waals surface area contributed by atoms with Gasteiger partial charge in [0, 0.05) is 22.6 Å². The van der Waals surface area contributed by atoms with Crippen molar-refractivity contribution in [3.05, 3.63) is 107 Å². The van der Waals surface area contributed by atoms with Crippen LogP contribution in [0.3, 0.4) is 0 Å². The maximum absolute atomic E-state index is 12.7. The molecule has 0 spiro atoms. The van der Waals surface area contributed by atoms with Crippen LogP contribution < -0.4 is 10.1 Å². The highest BCUT2D eigenvalue weighted by Gasteiger charge is 2.15. The second kappa shape index (κ2) is 8.89. The Hall–Kier alpha value is -3.50. The van der Waals surface area contributed by atoms with Crippen LogP contribution in [0.15, 0.2) is 89.4 Å². The third-order valence-corrected chi connectivity index (χ3v) is 4.96. The summed E-state index contributed by atoms with van der Waals surface area (Å²) in [5, 5.41) is 4.44. The Morgan fingerprint density at radius 3 is 2.23 bits per heavy atom. The van der Waals surface area contributed by atoms with Crippen LogP contribution in [0.1, 0.15) is 22.9 Å². The van der Waals surface area contributed by atoms with Crippen LogP contribution >= 0.6 is 11.6 Å². The van der Waals surface area contributed by atoms with Crippen LogP contribution in [0.2, 0.25) is 5.02 Å². The molecule has 1 N–H and O–H groups in total. The van der Waals surface area contributed by atoms with E-state index in [0.29, 0.717) is 22.1 Å². The minimum absolute atomic E-state index is 0.224. The molecule has 0 fully saturated rings. The molecule has 0 saturated heterocycles. The number of fused-ring (bicyclic) bond motifs is 1. The van der Waals surface area contributed by atoms with E-state index in [4.69, 9.17) is 20.8 Å². The van der Waals surface area contributed by atoms with Crippen LogP contribution in [0, 0.1) is 0 Å². The summed E-state index contributed by atoms with van der Waals surface area (Å²) in [4.78, 5) is 12.7. The highest BCUT2D eigenvalue weighted by Crippen LogP contribution is 2.32. The molecule has 3 aromatic carbocycles. The van der Waals surface area contributed by atoms with Gasteiger partial charge in [0.1, 0.15) is 5.76 Å². The molecule has 4 nitrogen and oxygen atoms in total. The van der Waals surface area contributed by atoms with Crippen molar-refractivity contribution in [2.45, 2.75) is 6.04 Å². The van der Waals surface area contributed by atoms with Gasteiger partial charge in [-0.1, -0.05) is 72.3 Å². The van der Waals surface area contributed by atoms with E-state index >= 15 is 0 Å². The van der Waals surface area contributed by atoms with Gasteiger partial charge in [0.05, 0.1) is 13.2 Å². The monoisotopic (exact) mass is 417 g/mol. The molecule has 4 rings (SSSR count). The Labute approximate surface area is 179 Å². The predicted molar refractivity (Wildman–Crippen MR) is 120 cm³/mol. The predicted octanol–water partition coefficient (Wildman–Crippen LogP) is 6.01. The summed E-state index contributed by atoms with van der Waals surface area (Å²) < 4.78 is 11.1. The molecule has 0 aliphatic rings. The molecule has 1 heterocycles. The van der Waals surface area contributed by atoms with Gasteiger partial charge < -0.3 is 14.5 Å². The summed E-state index contributed by atoms with van der Waals surface area (Å²) >= 11 is 6.11. The topological polar surface area (TPSA) is 51.5 Å². The van der Waals surface area contributed by atoms with Crippen molar-refractivity contribution < 1.29 is 13.9 Å². The summed E-state index contributed by atoms with van der Waals surface area (Å²) in [6, 6.07) is 24.8. The van der Waals surface area contributed by atoms with E-state index in [-0.39, 0.29) is 11.9 Å². The zero-order valence-electron chi connectivity index (χ0n) is 16.3. The molecule has 0 atom stereocenters. The van der Waals surface area contributed by atoms with E-state index in [9.17, 15) is 4.79 Å². The molecule has 1 aromatic heterocycles. The molecule has 30 heavy (non-hydrogen) atoms. The normalized spacial score (nSPS) is 11.3. The van der Waals surface area contributed by atoms with Gasteiger partial charge in [-0.05, 0) is 29.3 Å². The van der Waals surface area contributed by atoms with Crippen molar-refractivity contribution in [1.82, 2.24) is 5.32 Å². The van der Waals surface area contributed by atoms with E-state index in [1.54, 1.807) is 25.3 Å². The van der Waals surface area contributed by atoms with Crippen LogP contribution in [0.25, 0.3) is 17.0 Å². The van der Waals surface area contributed by atoms with Gasteiger partial charge in [-0.3, -0.25) is 4.79 Å². The van der Waals surface area contributed by atoms with Gasteiger partial charge in [0.25, 0.3) is 0 Å². The number of halogens is 1. The third kappa shape index (κ3) is 4.39. The molecular weight excluding hydrogens is 398 g/mol. The van der Waals surface area contributed by atoms with Gasteiger partial charge >= 0.3 is 0 Å². The zero-order chi connectivity index (χ0) is 20.9. The lowest BCUT2D eigenvalue weighted by Gasteiger charge is -2.19. The lowest BCUT2D eigenvalue weighted by Crippen LogP contribution is -2.27. The number of hydrogen-bond acceptors (Lipinski definition) is 3. The highest BCUT2D eigenvalue weighted by atomic mass is 35.5. The second-order valence-corrected chi connectivity index (χ2v) is 7.21. The average molecular weight is 418 g/mol. The summed E-state index contributed by atoms with van der Waals surface area (Å²) in [7, 11) is 1.56. The lowest BCUT2D eigenvalue weighted by molar-refractivity contribution is -0.116. The van der Waals surface area contributed by atoms with Crippen LogP contribution in [-0.4, -0.2) is 13.0 Å². The molecule has 4 aromatic rings. The number of nitrogens with one attached hydrogen (secondary N) is 1. The first kappa shape index (κ1) is 19.8. The number of ether oxygens (including phenoxy) is 1. The smallest absolute Gasteiger partial charge is 0.244 e. The SMILES string of the molecule is COc1cc(Cl)cc2cc(C=CC(=O)NC(c3ccccc3)c3ccccc3)oc12. The maximum atomic E-state index is 12.7. The number of hydrogen-bond donors (Lipinski definition) is 1. The third-order valence-electron chi connectivity index (χ3n) is 4.74. The Balaban J connectivity index is 1.56. The molecule has 0 radical (unpaired) electrons. The number of furan rings is 1. The van der Waals surface area contributed by atoms with Crippen LogP contribution in [0.4, 0.5) is 0 Å². The fourth-order valence-corrected chi connectivity index (χ4v) is 3.55. The number of carbonyl (C=O) groups excluding carboxylic acids is 1. The Morgan fingerprint density at radius 1 is 1.00 bits per heavy atom. The zero-order valence-corrected chi connectivity index (χ0v) is 17.1. The minimum atomic E-state index is -0.251. The summed E-state index contributed by atoms with van der Waals surface area (Å²) in [5.74, 6) is 0.865. The van der Waals surface area contributed by atoms with E-state index in [2.05, 4.69) is 5.32 Å². The molecule has 0 saturated carbocycles. The van der Waals surface area contributed by atoms with E-state index in [1.807, 2.05) is 66.7 Å². The number of benzene rings is 3. The van der Waals surface area contributed by atoms with E-state index in [1.165, 1.54) is 6.08 Å². The fourth-order valence-electron chi connectivity index (χ4n) is 3.34. The number of methoxy groups -OCH3 is 1. The summed E-state index contributed by atoms with van der Waals surface area (Å²) in [5.41, 5.74) is 2.61. The molecule has 0 bridgehead atoms. The largest absolute Gasteiger partial charge is 0.493 e. The summed E-state index contributed by atoms with van der Waals surface area (Å²) in [6.07, 6.45) is 3.10. The standard InChI is InChI=1S/C25H20ClNO3/c1-29-22-16-20(26)14-19-15-21(30-25(19)22)12-13-23(28)27-24(17-8-4-2-5-9-17)18-10-6-3-7-11-18/h2-16,24H,1H3,(H,27,28). The maximum Gasteiger partial charge on any atom is 0.244 e. The van der Waals surface area contributed by atoms with Crippen molar-refractivity contribution >= 4 is 34.6 Å². The van der Waals surface area contributed by atoms with Gasteiger partial charge in [0.2, 0.25) is 5.91 Å². The van der Waals surface area contributed by atoms with Crippen LogP contribution in [0.5, 0.6) is 5.75 Å². The average Bonchev–Trinajstić information content (AvgIpc) is 3.19. The van der Waals surface area contributed by atoms with Crippen molar-refractivity contribution in [3.63, 3.8) is 0 Å².